The predicted molar refractivity (Wildman–Crippen MR) is 101 cm³/mol. The first-order valence-corrected chi connectivity index (χ1v) is 9.44. The maximum atomic E-state index is 5.71. The summed E-state index contributed by atoms with van der Waals surface area (Å²) in [5, 5.41) is 3.32. The molecule has 2 aromatic rings. The summed E-state index contributed by atoms with van der Waals surface area (Å²) in [4.78, 5) is 11.5. The van der Waals surface area contributed by atoms with Gasteiger partial charge < -0.3 is 16.0 Å². The molecule has 1 saturated heterocycles. The van der Waals surface area contributed by atoms with Crippen molar-refractivity contribution >= 4 is 11.6 Å². The molecule has 2 aliphatic rings. The van der Waals surface area contributed by atoms with Crippen molar-refractivity contribution in [2.24, 2.45) is 5.73 Å². The first kappa shape index (κ1) is 16.5. The fraction of sp³-hybridized carbons (Fsp3) is 0.500. The third kappa shape index (κ3) is 3.83. The first-order chi connectivity index (χ1) is 12.3. The van der Waals surface area contributed by atoms with Crippen molar-refractivity contribution in [3.8, 4) is 0 Å². The smallest absolute Gasteiger partial charge is 0.131 e. The van der Waals surface area contributed by atoms with Crippen LogP contribution in [0.2, 0.25) is 0 Å². The number of hydrogen-bond acceptors (Lipinski definition) is 5. The van der Waals surface area contributed by atoms with E-state index >= 15 is 0 Å². The molecule has 5 heteroatoms. The number of piperidine rings is 1. The van der Waals surface area contributed by atoms with E-state index in [-0.39, 0.29) is 0 Å². The minimum atomic E-state index is 0.518. The van der Waals surface area contributed by atoms with Gasteiger partial charge in [-0.15, -0.1) is 0 Å². The van der Waals surface area contributed by atoms with Gasteiger partial charge in [0.15, 0.2) is 0 Å². The van der Waals surface area contributed by atoms with E-state index in [1.807, 2.05) is 18.3 Å². The number of rotatable bonds is 5. The summed E-state index contributed by atoms with van der Waals surface area (Å²) in [6.45, 7) is 2.99. The first-order valence-electron chi connectivity index (χ1n) is 9.44. The minimum absolute atomic E-state index is 0.518. The SMILES string of the molecule is NCc1ccnc(Nc2cc(C3CCN(C4CCC4)CC3)ccn2)c1. The van der Waals surface area contributed by atoms with Crippen LogP contribution in [0.1, 0.15) is 49.1 Å². The van der Waals surface area contributed by atoms with E-state index in [2.05, 4.69) is 32.3 Å². The van der Waals surface area contributed by atoms with Crippen molar-refractivity contribution in [1.29, 1.82) is 0 Å². The average molecular weight is 337 g/mol. The van der Waals surface area contributed by atoms with Crippen LogP contribution in [0, 0.1) is 0 Å². The van der Waals surface area contributed by atoms with Crippen molar-refractivity contribution in [3.05, 3.63) is 47.8 Å². The van der Waals surface area contributed by atoms with Gasteiger partial charge in [-0.05, 0) is 80.1 Å². The molecular weight excluding hydrogens is 310 g/mol. The molecule has 2 aromatic heterocycles. The third-order valence-electron chi connectivity index (χ3n) is 5.69. The quantitative estimate of drug-likeness (QED) is 0.875. The van der Waals surface area contributed by atoms with E-state index in [9.17, 15) is 0 Å². The van der Waals surface area contributed by atoms with Gasteiger partial charge in [0.2, 0.25) is 0 Å². The molecule has 0 unspecified atom stereocenters. The Morgan fingerprint density at radius 1 is 1.00 bits per heavy atom. The van der Waals surface area contributed by atoms with Gasteiger partial charge in [-0.25, -0.2) is 9.97 Å². The van der Waals surface area contributed by atoms with E-state index in [4.69, 9.17) is 5.73 Å². The Hall–Kier alpha value is -1.98. The largest absolute Gasteiger partial charge is 0.326 e. The second-order valence-electron chi connectivity index (χ2n) is 7.25. The fourth-order valence-electron chi connectivity index (χ4n) is 3.92. The molecule has 1 aliphatic carbocycles. The molecule has 2 fully saturated rings. The van der Waals surface area contributed by atoms with Crippen molar-refractivity contribution in [2.75, 3.05) is 18.4 Å². The van der Waals surface area contributed by atoms with Crippen LogP contribution < -0.4 is 11.1 Å². The van der Waals surface area contributed by atoms with Crippen LogP contribution in [-0.4, -0.2) is 34.0 Å². The van der Waals surface area contributed by atoms with Gasteiger partial charge in [-0.3, -0.25) is 0 Å². The van der Waals surface area contributed by atoms with E-state index in [1.54, 1.807) is 6.20 Å². The molecule has 0 atom stereocenters. The number of pyridine rings is 2. The average Bonchev–Trinajstić information content (AvgIpc) is 2.61. The number of likely N-dealkylation sites (tertiary alicyclic amines) is 1. The zero-order valence-electron chi connectivity index (χ0n) is 14.7. The lowest BCUT2D eigenvalue weighted by Gasteiger charge is -2.41. The molecule has 1 saturated carbocycles. The molecule has 0 amide bonds. The zero-order valence-corrected chi connectivity index (χ0v) is 14.7. The summed E-state index contributed by atoms with van der Waals surface area (Å²) < 4.78 is 0. The van der Waals surface area contributed by atoms with Gasteiger partial charge in [0.25, 0.3) is 0 Å². The van der Waals surface area contributed by atoms with Crippen LogP contribution in [0.15, 0.2) is 36.7 Å². The number of nitrogens with one attached hydrogen (secondary N) is 1. The van der Waals surface area contributed by atoms with E-state index in [1.165, 1.54) is 50.8 Å². The highest BCUT2D eigenvalue weighted by Gasteiger charge is 2.29. The van der Waals surface area contributed by atoms with Gasteiger partial charge in [0.05, 0.1) is 0 Å². The van der Waals surface area contributed by atoms with Crippen LogP contribution in [0.25, 0.3) is 0 Å². The Morgan fingerprint density at radius 2 is 1.72 bits per heavy atom. The monoisotopic (exact) mass is 337 g/mol. The lowest BCUT2D eigenvalue weighted by molar-refractivity contribution is 0.0975. The highest BCUT2D eigenvalue weighted by Crippen LogP contribution is 2.33. The molecule has 4 rings (SSSR count). The highest BCUT2D eigenvalue weighted by molar-refractivity contribution is 5.53. The third-order valence-corrected chi connectivity index (χ3v) is 5.69. The second-order valence-corrected chi connectivity index (χ2v) is 7.25. The van der Waals surface area contributed by atoms with Crippen LogP contribution in [0.3, 0.4) is 0 Å². The standard InChI is InChI=1S/C20H27N5/c21-14-15-4-8-22-19(12-15)24-20-13-17(5-9-23-20)16-6-10-25(11-7-16)18-2-1-3-18/h4-5,8-9,12-13,16,18H,1-3,6-7,10-11,14,21H2,(H,22,23,24). The lowest BCUT2D eigenvalue weighted by atomic mass is 9.85. The van der Waals surface area contributed by atoms with E-state index in [0.29, 0.717) is 12.5 Å². The predicted octanol–water partition coefficient (Wildman–Crippen LogP) is 3.41. The molecular formula is C20H27N5. The molecule has 1 aliphatic heterocycles. The topological polar surface area (TPSA) is 67.1 Å². The van der Waals surface area contributed by atoms with Crippen LogP contribution in [0.4, 0.5) is 11.6 Å². The zero-order chi connectivity index (χ0) is 17.1. The van der Waals surface area contributed by atoms with Crippen molar-refractivity contribution in [1.82, 2.24) is 14.9 Å². The molecule has 3 N–H and O–H groups in total. The minimum Gasteiger partial charge on any atom is -0.326 e. The number of aromatic nitrogens is 2. The summed E-state index contributed by atoms with van der Waals surface area (Å²) >= 11 is 0. The molecule has 3 heterocycles. The number of nitrogens with two attached hydrogens (primary N) is 1. The van der Waals surface area contributed by atoms with Gasteiger partial charge in [0, 0.05) is 25.0 Å². The van der Waals surface area contributed by atoms with Gasteiger partial charge in [-0.1, -0.05) is 6.42 Å². The maximum Gasteiger partial charge on any atom is 0.131 e. The van der Waals surface area contributed by atoms with E-state index in [0.717, 1.165) is 23.2 Å². The normalized spacial score (nSPS) is 19.6. The van der Waals surface area contributed by atoms with Crippen molar-refractivity contribution < 1.29 is 0 Å². The van der Waals surface area contributed by atoms with Gasteiger partial charge in [-0.2, -0.15) is 0 Å². The van der Waals surface area contributed by atoms with Crippen molar-refractivity contribution in [2.45, 2.75) is 50.6 Å². The number of hydrogen-bond donors (Lipinski definition) is 2. The molecule has 0 radical (unpaired) electrons. The second kappa shape index (κ2) is 7.50. The number of nitrogens with zero attached hydrogens (tertiary/aromatic N) is 3. The lowest BCUT2D eigenvalue weighted by Crippen LogP contribution is -2.44. The molecule has 25 heavy (non-hydrogen) atoms. The van der Waals surface area contributed by atoms with Crippen LogP contribution >= 0.6 is 0 Å². The Labute approximate surface area is 149 Å². The molecule has 0 spiro atoms. The Morgan fingerprint density at radius 3 is 2.40 bits per heavy atom. The number of anilines is 2. The van der Waals surface area contributed by atoms with Crippen molar-refractivity contribution in [3.63, 3.8) is 0 Å². The fourth-order valence-corrected chi connectivity index (χ4v) is 3.92. The Kier molecular flexibility index (Phi) is 4.95. The summed E-state index contributed by atoms with van der Waals surface area (Å²) in [6, 6.07) is 9.13. The summed E-state index contributed by atoms with van der Waals surface area (Å²) in [5.41, 5.74) is 8.16. The Bertz CT molecular complexity index is 705. The van der Waals surface area contributed by atoms with Crippen LogP contribution in [0.5, 0.6) is 0 Å². The molecule has 5 nitrogen and oxygen atoms in total. The van der Waals surface area contributed by atoms with Crippen LogP contribution in [-0.2, 0) is 6.54 Å². The molecule has 0 bridgehead atoms. The van der Waals surface area contributed by atoms with Gasteiger partial charge in [0.1, 0.15) is 11.6 Å². The summed E-state index contributed by atoms with van der Waals surface area (Å²) in [5.74, 6) is 2.30. The molecule has 132 valence electrons. The summed E-state index contributed by atoms with van der Waals surface area (Å²) in [7, 11) is 0. The van der Waals surface area contributed by atoms with E-state index < -0.39 is 0 Å². The highest BCUT2D eigenvalue weighted by atomic mass is 15.2. The Balaban J connectivity index is 1.41. The van der Waals surface area contributed by atoms with Gasteiger partial charge >= 0.3 is 0 Å². The molecule has 0 aromatic carbocycles. The maximum absolute atomic E-state index is 5.71. The summed E-state index contributed by atoms with van der Waals surface area (Å²) in [6.07, 6.45) is 10.4.